The SMILES string of the molecule is O=C(C=Cc1ccc([N+](=O)[O-])cc1)NCCS(=O)(=O)NCc1ccccc1. The molecule has 0 saturated heterocycles. The second-order valence-corrected chi connectivity index (χ2v) is 7.53. The molecule has 142 valence electrons. The Morgan fingerprint density at radius 2 is 1.74 bits per heavy atom. The molecule has 0 radical (unpaired) electrons. The molecule has 2 aromatic carbocycles. The molecular formula is C18H19N3O5S. The number of benzene rings is 2. The fourth-order valence-corrected chi connectivity index (χ4v) is 3.01. The first-order chi connectivity index (χ1) is 12.9. The van der Waals surface area contributed by atoms with Gasteiger partial charge in [0, 0.05) is 31.3 Å². The average Bonchev–Trinajstić information content (AvgIpc) is 2.66. The van der Waals surface area contributed by atoms with Gasteiger partial charge in [-0.3, -0.25) is 14.9 Å². The van der Waals surface area contributed by atoms with Crippen molar-refractivity contribution < 1.29 is 18.1 Å². The number of non-ortho nitro benzene ring substituents is 1. The van der Waals surface area contributed by atoms with Crippen LogP contribution < -0.4 is 10.0 Å². The standard InChI is InChI=1S/C18H19N3O5S/c22-18(11-8-15-6-9-17(10-7-15)21(23)24)19-12-13-27(25,26)20-14-16-4-2-1-3-5-16/h1-11,20H,12-14H2,(H,19,22). The van der Waals surface area contributed by atoms with Crippen LogP contribution in [-0.4, -0.2) is 31.5 Å². The van der Waals surface area contributed by atoms with Gasteiger partial charge in [0.2, 0.25) is 15.9 Å². The Morgan fingerprint density at radius 3 is 2.37 bits per heavy atom. The van der Waals surface area contributed by atoms with Crippen LogP contribution in [0.5, 0.6) is 0 Å². The van der Waals surface area contributed by atoms with Crippen molar-refractivity contribution in [2.24, 2.45) is 0 Å². The summed E-state index contributed by atoms with van der Waals surface area (Å²) < 4.78 is 26.3. The van der Waals surface area contributed by atoms with E-state index in [1.807, 2.05) is 30.3 Å². The molecule has 1 amide bonds. The molecule has 2 N–H and O–H groups in total. The number of nitro benzene ring substituents is 1. The molecular weight excluding hydrogens is 370 g/mol. The van der Waals surface area contributed by atoms with Crippen LogP contribution in [0.3, 0.4) is 0 Å². The maximum Gasteiger partial charge on any atom is 0.269 e. The molecule has 9 heteroatoms. The van der Waals surface area contributed by atoms with Crippen LogP contribution in [0.2, 0.25) is 0 Å². The van der Waals surface area contributed by atoms with E-state index in [9.17, 15) is 23.3 Å². The van der Waals surface area contributed by atoms with Gasteiger partial charge in [0.25, 0.3) is 5.69 Å². The first-order valence-electron chi connectivity index (χ1n) is 8.07. The predicted molar refractivity (Wildman–Crippen MR) is 102 cm³/mol. The van der Waals surface area contributed by atoms with E-state index in [1.165, 1.54) is 36.4 Å². The molecule has 0 saturated carbocycles. The van der Waals surface area contributed by atoms with Gasteiger partial charge in [-0.15, -0.1) is 0 Å². The third-order valence-corrected chi connectivity index (χ3v) is 4.87. The summed E-state index contributed by atoms with van der Waals surface area (Å²) >= 11 is 0. The van der Waals surface area contributed by atoms with E-state index in [4.69, 9.17) is 0 Å². The number of rotatable bonds is 9. The fourth-order valence-electron chi connectivity index (χ4n) is 2.11. The molecule has 27 heavy (non-hydrogen) atoms. The monoisotopic (exact) mass is 389 g/mol. The van der Waals surface area contributed by atoms with Crippen molar-refractivity contribution in [2.45, 2.75) is 6.54 Å². The van der Waals surface area contributed by atoms with Gasteiger partial charge in [0.05, 0.1) is 10.7 Å². The molecule has 0 atom stereocenters. The minimum Gasteiger partial charge on any atom is -0.351 e. The number of nitrogens with one attached hydrogen (secondary N) is 2. The van der Waals surface area contributed by atoms with E-state index in [2.05, 4.69) is 10.0 Å². The van der Waals surface area contributed by atoms with Crippen LogP contribution in [0.15, 0.2) is 60.7 Å². The normalized spacial score (nSPS) is 11.4. The summed E-state index contributed by atoms with van der Waals surface area (Å²) in [7, 11) is -3.51. The van der Waals surface area contributed by atoms with Gasteiger partial charge in [0.1, 0.15) is 0 Å². The van der Waals surface area contributed by atoms with Crippen LogP contribution in [-0.2, 0) is 21.4 Å². The van der Waals surface area contributed by atoms with Gasteiger partial charge in [-0.2, -0.15) is 0 Å². The Bertz CT molecular complexity index is 910. The number of hydrogen-bond acceptors (Lipinski definition) is 5. The first kappa shape index (κ1) is 20.3. The quantitative estimate of drug-likeness (QED) is 0.385. The van der Waals surface area contributed by atoms with Crippen molar-refractivity contribution >= 4 is 27.7 Å². The third-order valence-electron chi connectivity index (χ3n) is 3.54. The maximum atomic E-state index is 11.9. The Balaban J connectivity index is 1.75. The molecule has 0 unspecified atom stereocenters. The predicted octanol–water partition coefficient (Wildman–Crippen LogP) is 1.84. The summed E-state index contributed by atoms with van der Waals surface area (Å²) in [6, 6.07) is 14.8. The van der Waals surface area contributed by atoms with E-state index in [-0.39, 0.29) is 24.5 Å². The van der Waals surface area contributed by atoms with Crippen molar-refractivity contribution in [1.29, 1.82) is 0 Å². The lowest BCUT2D eigenvalue weighted by Gasteiger charge is -2.07. The van der Waals surface area contributed by atoms with Crippen molar-refractivity contribution in [2.75, 3.05) is 12.3 Å². The molecule has 0 bridgehead atoms. The largest absolute Gasteiger partial charge is 0.351 e. The molecule has 0 aliphatic carbocycles. The van der Waals surface area contributed by atoms with Crippen molar-refractivity contribution in [3.05, 3.63) is 81.9 Å². The van der Waals surface area contributed by atoms with Gasteiger partial charge in [-0.05, 0) is 29.3 Å². The minimum absolute atomic E-state index is 0.0342. The third kappa shape index (κ3) is 7.38. The van der Waals surface area contributed by atoms with Gasteiger partial charge < -0.3 is 5.32 Å². The molecule has 2 aromatic rings. The van der Waals surface area contributed by atoms with Crippen LogP contribution >= 0.6 is 0 Å². The van der Waals surface area contributed by atoms with E-state index < -0.39 is 20.9 Å². The average molecular weight is 389 g/mol. The van der Waals surface area contributed by atoms with Crippen LogP contribution in [0.1, 0.15) is 11.1 Å². The Hall–Kier alpha value is -3.04. The lowest BCUT2D eigenvalue weighted by Crippen LogP contribution is -2.33. The van der Waals surface area contributed by atoms with Crippen molar-refractivity contribution in [3.63, 3.8) is 0 Å². The molecule has 0 aliphatic rings. The summed E-state index contributed by atoms with van der Waals surface area (Å²) in [6.45, 7) is 0.157. The van der Waals surface area contributed by atoms with E-state index in [0.717, 1.165) is 5.56 Å². The number of sulfonamides is 1. The van der Waals surface area contributed by atoms with Gasteiger partial charge in [-0.1, -0.05) is 30.3 Å². The Kier molecular flexibility index (Phi) is 7.21. The molecule has 0 aliphatic heterocycles. The topological polar surface area (TPSA) is 118 Å². The summed E-state index contributed by atoms with van der Waals surface area (Å²) in [5.74, 6) is -0.691. The minimum atomic E-state index is -3.51. The van der Waals surface area contributed by atoms with Gasteiger partial charge in [0.15, 0.2) is 0 Å². The van der Waals surface area contributed by atoms with Gasteiger partial charge in [-0.25, -0.2) is 13.1 Å². The Morgan fingerprint density at radius 1 is 1.07 bits per heavy atom. The lowest BCUT2D eigenvalue weighted by molar-refractivity contribution is -0.384. The van der Waals surface area contributed by atoms with E-state index in [1.54, 1.807) is 0 Å². The number of hydrogen-bond donors (Lipinski definition) is 2. The number of amides is 1. The zero-order valence-electron chi connectivity index (χ0n) is 14.4. The highest BCUT2D eigenvalue weighted by molar-refractivity contribution is 7.89. The van der Waals surface area contributed by atoms with Crippen molar-refractivity contribution in [3.8, 4) is 0 Å². The van der Waals surface area contributed by atoms with E-state index >= 15 is 0 Å². The number of carbonyl (C=O) groups is 1. The van der Waals surface area contributed by atoms with Crippen molar-refractivity contribution in [1.82, 2.24) is 10.0 Å². The molecule has 2 rings (SSSR count). The number of nitro groups is 1. The zero-order chi connectivity index (χ0) is 19.7. The first-order valence-corrected chi connectivity index (χ1v) is 9.72. The molecule has 8 nitrogen and oxygen atoms in total. The second-order valence-electron chi connectivity index (χ2n) is 5.60. The zero-order valence-corrected chi connectivity index (χ0v) is 15.2. The summed E-state index contributed by atoms with van der Waals surface area (Å²) in [4.78, 5) is 21.8. The smallest absolute Gasteiger partial charge is 0.269 e. The molecule has 0 heterocycles. The summed E-state index contributed by atoms with van der Waals surface area (Å²) in [5, 5.41) is 13.1. The molecule has 0 fully saturated rings. The van der Waals surface area contributed by atoms with E-state index in [0.29, 0.717) is 5.56 Å². The molecule has 0 spiro atoms. The lowest BCUT2D eigenvalue weighted by atomic mass is 10.2. The highest BCUT2D eigenvalue weighted by Gasteiger charge is 2.10. The Labute approximate surface area is 157 Å². The maximum absolute atomic E-state index is 11.9. The highest BCUT2D eigenvalue weighted by atomic mass is 32.2. The van der Waals surface area contributed by atoms with Crippen LogP contribution in [0.25, 0.3) is 6.08 Å². The molecule has 0 aromatic heterocycles. The number of carbonyl (C=O) groups excluding carboxylic acids is 1. The fraction of sp³-hybridized carbons (Fsp3) is 0.167. The number of nitrogens with zero attached hydrogens (tertiary/aromatic N) is 1. The van der Waals surface area contributed by atoms with Crippen LogP contribution in [0, 0.1) is 10.1 Å². The summed E-state index contributed by atoms with van der Waals surface area (Å²) in [5.41, 5.74) is 1.42. The highest BCUT2D eigenvalue weighted by Crippen LogP contribution is 2.12. The van der Waals surface area contributed by atoms with Crippen LogP contribution in [0.4, 0.5) is 5.69 Å². The second kappa shape index (κ2) is 9.60. The van der Waals surface area contributed by atoms with Gasteiger partial charge >= 0.3 is 0 Å². The summed E-state index contributed by atoms with van der Waals surface area (Å²) in [6.07, 6.45) is 2.73.